The summed E-state index contributed by atoms with van der Waals surface area (Å²) >= 11 is 0. The van der Waals surface area contributed by atoms with E-state index in [4.69, 9.17) is 4.74 Å². The van der Waals surface area contributed by atoms with E-state index >= 15 is 0 Å². The highest BCUT2D eigenvalue weighted by Crippen LogP contribution is 2.40. The molecule has 154 valence electrons. The molecular formula is C26H38O2. The van der Waals surface area contributed by atoms with Gasteiger partial charge in [-0.25, -0.2) is 0 Å². The minimum Gasteiger partial charge on any atom is -0.396 e. The van der Waals surface area contributed by atoms with Gasteiger partial charge in [-0.05, 0) is 46.6 Å². The molecule has 0 aromatic heterocycles. The van der Waals surface area contributed by atoms with Crippen LogP contribution in [0, 0.1) is 10.8 Å². The topological polar surface area (TPSA) is 29.5 Å². The van der Waals surface area contributed by atoms with Gasteiger partial charge in [-0.15, -0.1) is 0 Å². The zero-order valence-electron chi connectivity index (χ0n) is 18.3. The van der Waals surface area contributed by atoms with Crippen LogP contribution in [0.25, 0.3) is 0 Å². The molecule has 2 nitrogen and oxygen atoms in total. The van der Waals surface area contributed by atoms with Gasteiger partial charge in [0, 0.05) is 13.2 Å². The first-order chi connectivity index (χ1) is 13.3. The lowest BCUT2D eigenvalue weighted by atomic mass is 9.73. The fourth-order valence-corrected chi connectivity index (χ4v) is 4.25. The lowest BCUT2D eigenvalue weighted by Gasteiger charge is -2.35. The van der Waals surface area contributed by atoms with E-state index in [1.165, 1.54) is 11.1 Å². The molecule has 0 spiro atoms. The third-order valence-corrected chi connectivity index (χ3v) is 5.84. The average molecular weight is 383 g/mol. The first-order valence-electron chi connectivity index (χ1n) is 10.5. The van der Waals surface area contributed by atoms with Crippen LogP contribution in [0.5, 0.6) is 0 Å². The Labute approximate surface area is 172 Å². The maximum atomic E-state index is 9.58. The van der Waals surface area contributed by atoms with Gasteiger partial charge >= 0.3 is 0 Å². The molecule has 2 aromatic carbocycles. The fraction of sp³-hybridized carbons (Fsp3) is 0.538. The van der Waals surface area contributed by atoms with Crippen LogP contribution in [0.2, 0.25) is 0 Å². The predicted octanol–water partition coefficient (Wildman–Crippen LogP) is 6.42. The molecule has 0 bridgehead atoms. The van der Waals surface area contributed by atoms with Crippen LogP contribution in [0.3, 0.4) is 0 Å². The van der Waals surface area contributed by atoms with Gasteiger partial charge in [-0.1, -0.05) is 95.3 Å². The molecule has 0 saturated heterocycles. The molecule has 0 radical (unpaired) electrons. The van der Waals surface area contributed by atoms with Crippen molar-refractivity contribution in [2.45, 2.75) is 59.3 Å². The Morgan fingerprint density at radius 2 is 1.25 bits per heavy atom. The maximum Gasteiger partial charge on any atom is 0.0522 e. The molecule has 2 heteroatoms. The summed E-state index contributed by atoms with van der Waals surface area (Å²) in [6, 6.07) is 21.3. The van der Waals surface area contributed by atoms with Crippen LogP contribution in [0.15, 0.2) is 60.7 Å². The van der Waals surface area contributed by atoms with E-state index in [0.717, 1.165) is 19.4 Å². The molecule has 0 saturated carbocycles. The van der Waals surface area contributed by atoms with Gasteiger partial charge < -0.3 is 9.84 Å². The summed E-state index contributed by atoms with van der Waals surface area (Å²) in [4.78, 5) is 0. The van der Waals surface area contributed by atoms with Gasteiger partial charge in [0.25, 0.3) is 0 Å². The lowest BCUT2D eigenvalue weighted by Crippen LogP contribution is -2.29. The minimum atomic E-state index is -0.0337. The third-order valence-electron chi connectivity index (χ3n) is 5.84. The molecule has 0 fully saturated rings. The van der Waals surface area contributed by atoms with Crippen LogP contribution in [-0.2, 0) is 4.74 Å². The molecule has 1 N–H and O–H groups in total. The maximum absolute atomic E-state index is 9.58. The van der Waals surface area contributed by atoms with Gasteiger partial charge in [-0.2, -0.15) is 0 Å². The summed E-state index contributed by atoms with van der Waals surface area (Å²) in [7, 11) is 0. The summed E-state index contributed by atoms with van der Waals surface area (Å²) in [5.41, 5.74) is 2.83. The largest absolute Gasteiger partial charge is 0.396 e. The summed E-state index contributed by atoms with van der Waals surface area (Å²) < 4.78 is 6.21. The fourth-order valence-electron chi connectivity index (χ4n) is 4.25. The SMILES string of the molecule is CC(C)(C)[C@H](CCOCC(C)(C)[C@@H](CCO)c1ccccc1)c1ccccc1. The number of rotatable bonds is 10. The van der Waals surface area contributed by atoms with Crippen LogP contribution < -0.4 is 0 Å². The summed E-state index contributed by atoms with van der Waals surface area (Å²) in [6.07, 6.45) is 1.77. The van der Waals surface area contributed by atoms with E-state index in [-0.39, 0.29) is 23.4 Å². The van der Waals surface area contributed by atoms with E-state index in [1.54, 1.807) is 0 Å². The molecule has 2 aromatic rings. The van der Waals surface area contributed by atoms with Crippen molar-refractivity contribution in [3.8, 4) is 0 Å². The van der Waals surface area contributed by atoms with Gasteiger partial charge in [0.05, 0.1) is 6.61 Å². The molecule has 2 atom stereocenters. The Hall–Kier alpha value is -1.64. The van der Waals surface area contributed by atoms with E-state index in [1.807, 2.05) is 6.07 Å². The molecule has 0 aliphatic heterocycles. The summed E-state index contributed by atoms with van der Waals surface area (Å²) in [5, 5.41) is 9.58. The molecular weight excluding hydrogens is 344 g/mol. The second-order valence-electron chi connectivity index (χ2n) is 9.63. The van der Waals surface area contributed by atoms with Crippen molar-refractivity contribution in [3.05, 3.63) is 71.8 Å². The molecule has 2 rings (SSSR count). The van der Waals surface area contributed by atoms with Gasteiger partial charge in [0.15, 0.2) is 0 Å². The Morgan fingerprint density at radius 1 is 0.750 bits per heavy atom. The number of ether oxygens (including phenoxy) is 1. The van der Waals surface area contributed by atoms with Gasteiger partial charge in [0.1, 0.15) is 0 Å². The first-order valence-corrected chi connectivity index (χ1v) is 10.5. The van der Waals surface area contributed by atoms with Gasteiger partial charge in [-0.3, -0.25) is 0 Å². The smallest absolute Gasteiger partial charge is 0.0522 e. The molecule has 0 amide bonds. The van der Waals surface area contributed by atoms with E-state index in [0.29, 0.717) is 12.5 Å². The van der Waals surface area contributed by atoms with Gasteiger partial charge in [0.2, 0.25) is 0 Å². The highest BCUT2D eigenvalue weighted by atomic mass is 16.5. The monoisotopic (exact) mass is 382 g/mol. The molecule has 0 aliphatic carbocycles. The standard InChI is InChI=1S/C26H38O2/c1-25(2,3)23(21-12-8-6-9-13-21)17-19-28-20-26(4,5)24(16-18-27)22-14-10-7-11-15-22/h6-15,23-24,27H,16-20H2,1-5H3/t23-,24+/m1/s1. The van der Waals surface area contributed by atoms with E-state index in [9.17, 15) is 5.11 Å². The second-order valence-corrected chi connectivity index (χ2v) is 9.63. The van der Waals surface area contributed by atoms with Crippen molar-refractivity contribution in [1.29, 1.82) is 0 Å². The number of aliphatic hydroxyl groups excluding tert-OH is 1. The van der Waals surface area contributed by atoms with E-state index in [2.05, 4.69) is 89.2 Å². The molecule has 0 unspecified atom stereocenters. The number of hydrogen-bond donors (Lipinski definition) is 1. The zero-order chi connectivity index (χ0) is 20.6. The molecule has 0 heterocycles. The van der Waals surface area contributed by atoms with Crippen molar-refractivity contribution in [1.82, 2.24) is 0 Å². The van der Waals surface area contributed by atoms with Crippen LogP contribution in [0.4, 0.5) is 0 Å². The van der Waals surface area contributed by atoms with E-state index < -0.39 is 0 Å². The van der Waals surface area contributed by atoms with Crippen LogP contribution >= 0.6 is 0 Å². The number of benzene rings is 2. The molecule has 0 aliphatic rings. The quantitative estimate of drug-likeness (QED) is 0.481. The summed E-state index contributed by atoms with van der Waals surface area (Å²) in [5.74, 6) is 0.755. The highest BCUT2D eigenvalue weighted by Gasteiger charge is 2.31. The molecule has 28 heavy (non-hydrogen) atoms. The normalized spacial score (nSPS) is 14.6. The zero-order valence-corrected chi connectivity index (χ0v) is 18.3. The average Bonchev–Trinajstić information content (AvgIpc) is 2.66. The Bertz CT molecular complexity index is 671. The Morgan fingerprint density at radius 3 is 1.71 bits per heavy atom. The predicted molar refractivity (Wildman–Crippen MR) is 119 cm³/mol. The summed E-state index contributed by atoms with van der Waals surface area (Å²) in [6.45, 7) is 13.1. The third kappa shape index (κ3) is 6.46. The van der Waals surface area contributed by atoms with Crippen LogP contribution in [-0.4, -0.2) is 24.9 Å². The minimum absolute atomic E-state index is 0.0337. The number of hydrogen-bond acceptors (Lipinski definition) is 2. The van der Waals surface area contributed by atoms with Crippen LogP contribution in [0.1, 0.15) is 70.4 Å². The van der Waals surface area contributed by atoms with Crippen molar-refractivity contribution < 1.29 is 9.84 Å². The van der Waals surface area contributed by atoms with Crippen molar-refractivity contribution in [2.75, 3.05) is 19.8 Å². The Kier molecular flexibility index (Phi) is 8.27. The Balaban J connectivity index is 1.98. The van der Waals surface area contributed by atoms with Crippen molar-refractivity contribution in [2.24, 2.45) is 10.8 Å². The lowest BCUT2D eigenvalue weighted by molar-refractivity contribution is 0.0341. The highest BCUT2D eigenvalue weighted by molar-refractivity contribution is 5.22. The number of aliphatic hydroxyl groups is 1. The second kappa shape index (κ2) is 10.2. The first kappa shape index (κ1) is 22.6. The van der Waals surface area contributed by atoms with Crippen molar-refractivity contribution >= 4 is 0 Å². The van der Waals surface area contributed by atoms with Crippen molar-refractivity contribution in [3.63, 3.8) is 0 Å².